The van der Waals surface area contributed by atoms with Crippen molar-refractivity contribution in [2.24, 2.45) is 5.41 Å². The highest BCUT2D eigenvalue weighted by atomic mass is 16.3. The molecule has 0 aromatic carbocycles. The van der Waals surface area contributed by atoms with E-state index in [2.05, 4.69) is 23.3 Å². The van der Waals surface area contributed by atoms with Gasteiger partial charge in [0.25, 0.3) is 0 Å². The molecule has 2 aliphatic rings. The second-order valence-corrected chi connectivity index (χ2v) is 7.32. The topological polar surface area (TPSA) is 28.4 Å². The Hall–Kier alpha value is -0.800. The van der Waals surface area contributed by atoms with Crippen LogP contribution in [-0.2, 0) is 6.54 Å². The first-order chi connectivity index (χ1) is 10.3. The molecule has 0 radical (unpaired) electrons. The van der Waals surface area contributed by atoms with Crippen LogP contribution in [0.4, 0.5) is 0 Å². The Bertz CT molecular complexity index is 403. The van der Waals surface area contributed by atoms with E-state index in [4.69, 9.17) is 4.42 Å². The highest BCUT2D eigenvalue weighted by molar-refractivity contribution is 4.98. The molecular formula is C18H30N2O. The van der Waals surface area contributed by atoms with Crippen LogP contribution in [0.3, 0.4) is 0 Å². The summed E-state index contributed by atoms with van der Waals surface area (Å²) in [7, 11) is 2.24. The van der Waals surface area contributed by atoms with Gasteiger partial charge in [0.05, 0.1) is 12.8 Å². The monoisotopic (exact) mass is 290 g/mol. The zero-order valence-electron chi connectivity index (χ0n) is 13.4. The predicted octanol–water partition coefficient (Wildman–Crippen LogP) is 3.80. The zero-order valence-corrected chi connectivity index (χ0v) is 13.4. The lowest BCUT2D eigenvalue weighted by atomic mass is 9.79. The Balaban J connectivity index is 1.59. The summed E-state index contributed by atoms with van der Waals surface area (Å²) in [6, 6.07) is 4.89. The fourth-order valence-electron chi connectivity index (χ4n) is 3.81. The van der Waals surface area contributed by atoms with Crippen molar-refractivity contribution < 1.29 is 4.42 Å². The number of nitrogens with one attached hydrogen (secondary N) is 1. The van der Waals surface area contributed by atoms with Gasteiger partial charge in [-0.15, -0.1) is 0 Å². The quantitative estimate of drug-likeness (QED) is 0.774. The van der Waals surface area contributed by atoms with Crippen molar-refractivity contribution in [3.63, 3.8) is 0 Å². The van der Waals surface area contributed by atoms with E-state index < -0.39 is 0 Å². The molecule has 118 valence electrons. The maximum absolute atomic E-state index is 5.50. The molecule has 0 atom stereocenters. The van der Waals surface area contributed by atoms with Crippen molar-refractivity contribution in [1.82, 2.24) is 10.2 Å². The average Bonchev–Trinajstić information content (AvgIpc) is 3.21. The molecule has 3 heteroatoms. The summed E-state index contributed by atoms with van der Waals surface area (Å²) < 4.78 is 5.50. The van der Waals surface area contributed by atoms with E-state index >= 15 is 0 Å². The molecule has 1 N–H and O–H groups in total. The first kappa shape index (κ1) is 15.1. The minimum atomic E-state index is 0.473. The summed E-state index contributed by atoms with van der Waals surface area (Å²) in [4.78, 5) is 2.46. The summed E-state index contributed by atoms with van der Waals surface area (Å²) >= 11 is 0. The highest BCUT2D eigenvalue weighted by Gasteiger charge is 2.34. The lowest BCUT2D eigenvalue weighted by Gasteiger charge is -2.37. The normalized spacial score (nSPS) is 22.4. The van der Waals surface area contributed by atoms with Crippen LogP contribution in [0.25, 0.3) is 0 Å². The first-order valence-corrected chi connectivity index (χ1v) is 8.70. The molecule has 1 aromatic heterocycles. The molecule has 0 saturated heterocycles. The van der Waals surface area contributed by atoms with Gasteiger partial charge in [-0.05, 0) is 50.3 Å². The van der Waals surface area contributed by atoms with Gasteiger partial charge in [0, 0.05) is 19.1 Å². The van der Waals surface area contributed by atoms with E-state index in [1.54, 1.807) is 6.26 Å². The minimum Gasteiger partial charge on any atom is -0.468 e. The van der Waals surface area contributed by atoms with Crippen LogP contribution < -0.4 is 5.32 Å². The van der Waals surface area contributed by atoms with Crippen molar-refractivity contribution in [3.05, 3.63) is 24.2 Å². The van der Waals surface area contributed by atoms with Crippen molar-refractivity contribution in [2.75, 3.05) is 20.1 Å². The van der Waals surface area contributed by atoms with E-state index in [9.17, 15) is 0 Å². The molecule has 1 aromatic rings. The van der Waals surface area contributed by atoms with Crippen molar-refractivity contribution in [1.29, 1.82) is 0 Å². The molecule has 1 heterocycles. The van der Waals surface area contributed by atoms with E-state index in [1.807, 2.05) is 6.07 Å². The molecular weight excluding hydrogens is 260 g/mol. The van der Waals surface area contributed by atoms with Crippen molar-refractivity contribution in [3.8, 4) is 0 Å². The Labute approximate surface area is 129 Å². The fourth-order valence-corrected chi connectivity index (χ4v) is 3.81. The van der Waals surface area contributed by atoms with E-state index in [1.165, 1.54) is 64.5 Å². The summed E-state index contributed by atoms with van der Waals surface area (Å²) in [5.41, 5.74) is 0.473. The molecule has 21 heavy (non-hydrogen) atoms. The van der Waals surface area contributed by atoms with Crippen molar-refractivity contribution in [2.45, 2.75) is 64.0 Å². The Morgan fingerprint density at radius 3 is 2.62 bits per heavy atom. The van der Waals surface area contributed by atoms with E-state index in [0.717, 1.165) is 18.3 Å². The van der Waals surface area contributed by atoms with Gasteiger partial charge < -0.3 is 9.73 Å². The third-order valence-corrected chi connectivity index (χ3v) is 5.12. The fraction of sp³-hybridized carbons (Fsp3) is 0.778. The number of furan rings is 1. The van der Waals surface area contributed by atoms with Gasteiger partial charge >= 0.3 is 0 Å². The molecule has 0 bridgehead atoms. The zero-order chi connectivity index (χ0) is 14.5. The maximum atomic E-state index is 5.50. The van der Waals surface area contributed by atoms with Gasteiger partial charge in [-0.2, -0.15) is 0 Å². The van der Waals surface area contributed by atoms with Crippen molar-refractivity contribution >= 4 is 0 Å². The third kappa shape index (κ3) is 4.58. The minimum absolute atomic E-state index is 0.473. The van der Waals surface area contributed by atoms with Crippen LogP contribution >= 0.6 is 0 Å². The molecule has 3 rings (SSSR count). The van der Waals surface area contributed by atoms with Gasteiger partial charge in [0.15, 0.2) is 0 Å². The molecule has 2 aliphatic carbocycles. The largest absolute Gasteiger partial charge is 0.468 e. The second-order valence-electron chi connectivity index (χ2n) is 7.32. The Morgan fingerprint density at radius 1 is 1.24 bits per heavy atom. The number of rotatable bonds is 7. The average molecular weight is 290 g/mol. The lowest BCUT2D eigenvalue weighted by Crippen LogP contribution is -2.43. The Morgan fingerprint density at radius 2 is 2.00 bits per heavy atom. The number of hydrogen-bond acceptors (Lipinski definition) is 3. The molecule has 0 unspecified atom stereocenters. The summed E-state index contributed by atoms with van der Waals surface area (Å²) in [5.74, 6) is 1.08. The first-order valence-electron chi connectivity index (χ1n) is 8.70. The van der Waals surface area contributed by atoms with Crippen LogP contribution in [0.5, 0.6) is 0 Å². The highest BCUT2D eigenvalue weighted by Crippen LogP contribution is 2.36. The van der Waals surface area contributed by atoms with Crippen LogP contribution in [0.2, 0.25) is 0 Å². The van der Waals surface area contributed by atoms with Crippen LogP contribution in [0.15, 0.2) is 22.8 Å². The molecule has 0 spiro atoms. The lowest BCUT2D eigenvalue weighted by molar-refractivity contribution is 0.136. The molecule has 3 nitrogen and oxygen atoms in total. The van der Waals surface area contributed by atoms with Gasteiger partial charge in [-0.1, -0.05) is 25.7 Å². The SMILES string of the molecule is CN(Cc1ccco1)CC1(CNC2CC2)CCCCCC1. The standard InChI is InChI=1S/C18H30N2O/c1-20(13-17-7-6-12-21-17)15-18(14-19-16-8-9-16)10-4-2-3-5-11-18/h6-7,12,16,19H,2-5,8-11,13-15H2,1H3. The van der Waals surface area contributed by atoms with Crippen LogP contribution in [-0.4, -0.2) is 31.1 Å². The van der Waals surface area contributed by atoms with Gasteiger partial charge in [-0.25, -0.2) is 0 Å². The van der Waals surface area contributed by atoms with E-state index in [-0.39, 0.29) is 0 Å². The molecule has 2 saturated carbocycles. The smallest absolute Gasteiger partial charge is 0.117 e. The van der Waals surface area contributed by atoms with Gasteiger partial charge in [0.1, 0.15) is 5.76 Å². The summed E-state index contributed by atoms with van der Waals surface area (Å²) in [6.45, 7) is 3.33. The molecule has 0 aliphatic heterocycles. The van der Waals surface area contributed by atoms with E-state index in [0.29, 0.717) is 5.41 Å². The molecule has 0 amide bonds. The maximum Gasteiger partial charge on any atom is 0.117 e. The van der Waals surface area contributed by atoms with Crippen LogP contribution in [0, 0.1) is 5.41 Å². The summed E-state index contributed by atoms with van der Waals surface area (Å²) in [5, 5.41) is 3.81. The number of nitrogens with zero attached hydrogens (tertiary/aromatic N) is 1. The third-order valence-electron chi connectivity index (χ3n) is 5.12. The predicted molar refractivity (Wildman–Crippen MR) is 86.2 cm³/mol. The van der Waals surface area contributed by atoms with Gasteiger partial charge in [-0.3, -0.25) is 4.90 Å². The second kappa shape index (κ2) is 6.97. The summed E-state index contributed by atoms with van der Waals surface area (Å²) in [6.07, 6.45) is 13.0. The van der Waals surface area contributed by atoms with Crippen LogP contribution in [0.1, 0.15) is 57.1 Å². The Kier molecular flexibility index (Phi) is 5.02. The molecule has 2 fully saturated rings. The van der Waals surface area contributed by atoms with Gasteiger partial charge in [0.2, 0.25) is 0 Å². The number of hydrogen-bond donors (Lipinski definition) is 1.